The molecule has 2 aromatic rings. The lowest BCUT2D eigenvalue weighted by Gasteiger charge is -2.18. The maximum absolute atomic E-state index is 11.9. The van der Waals surface area contributed by atoms with Crippen molar-refractivity contribution < 1.29 is 19.4 Å². The van der Waals surface area contributed by atoms with Crippen molar-refractivity contribution in [3.8, 4) is 0 Å². The van der Waals surface area contributed by atoms with Gasteiger partial charge in [0.1, 0.15) is 12.6 Å². The number of ether oxygens (including phenoxy) is 1. The number of aliphatic carboxylic acids is 1. The van der Waals surface area contributed by atoms with Crippen molar-refractivity contribution >= 4 is 12.1 Å². The first-order chi connectivity index (χ1) is 12.0. The zero-order valence-corrected chi connectivity index (χ0v) is 14.4. The summed E-state index contributed by atoms with van der Waals surface area (Å²) in [5.74, 6) is -0.814. The third-order valence-corrected chi connectivity index (χ3v) is 3.90. The fourth-order valence-corrected chi connectivity index (χ4v) is 2.61. The number of carboxylic acid groups (broad SMARTS) is 1. The Bertz CT molecular complexity index is 713. The summed E-state index contributed by atoms with van der Waals surface area (Å²) in [6, 6.07) is 15.9. The highest BCUT2D eigenvalue weighted by Gasteiger charge is 2.22. The van der Waals surface area contributed by atoms with Gasteiger partial charge in [0, 0.05) is 6.42 Å². The van der Waals surface area contributed by atoms with E-state index in [0.717, 1.165) is 16.7 Å². The Kier molecular flexibility index (Phi) is 6.57. The maximum Gasteiger partial charge on any atom is 0.408 e. The third-order valence-electron chi connectivity index (χ3n) is 3.90. The molecule has 0 aromatic heterocycles. The van der Waals surface area contributed by atoms with Crippen molar-refractivity contribution in [2.75, 3.05) is 0 Å². The number of amides is 1. The largest absolute Gasteiger partial charge is 0.480 e. The van der Waals surface area contributed by atoms with E-state index in [9.17, 15) is 14.7 Å². The Morgan fingerprint density at radius 2 is 1.68 bits per heavy atom. The van der Waals surface area contributed by atoms with Crippen molar-refractivity contribution in [3.63, 3.8) is 0 Å². The molecule has 5 nitrogen and oxygen atoms in total. The molecule has 0 bridgehead atoms. The van der Waals surface area contributed by atoms with Gasteiger partial charge < -0.3 is 15.2 Å². The second-order valence-corrected chi connectivity index (χ2v) is 6.15. The molecule has 2 aromatic carbocycles. The van der Waals surface area contributed by atoms with Gasteiger partial charge in [0.25, 0.3) is 0 Å². The van der Waals surface area contributed by atoms with Crippen molar-refractivity contribution in [2.45, 2.75) is 38.8 Å². The highest BCUT2D eigenvalue weighted by atomic mass is 16.5. The molecule has 0 aliphatic carbocycles. The van der Waals surface area contributed by atoms with Crippen LogP contribution in [0.25, 0.3) is 0 Å². The second kappa shape index (κ2) is 8.87. The molecule has 2 rings (SSSR count). The quantitative estimate of drug-likeness (QED) is 0.804. The Morgan fingerprint density at radius 1 is 1.04 bits per heavy atom. The Morgan fingerprint density at radius 3 is 2.32 bits per heavy atom. The van der Waals surface area contributed by atoms with Crippen LogP contribution in [0.15, 0.2) is 54.6 Å². The van der Waals surface area contributed by atoms with Crippen molar-refractivity contribution in [2.24, 2.45) is 0 Å². The summed E-state index contributed by atoms with van der Waals surface area (Å²) >= 11 is 0. The van der Waals surface area contributed by atoms with E-state index in [0.29, 0.717) is 0 Å². The molecule has 0 heterocycles. The molecular weight excluding hydrogens is 318 g/mol. The van der Waals surface area contributed by atoms with Crippen LogP contribution in [0.1, 0.15) is 36.5 Å². The minimum Gasteiger partial charge on any atom is -0.480 e. The summed E-state index contributed by atoms with van der Waals surface area (Å²) in [4.78, 5) is 23.5. The van der Waals surface area contributed by atoms with Gasteiger partial charge in [0.15, 0.2) is 0 Å². The Balaban J connectivity index is 1.99. The van der Waals surface area contributed by atoms with Crippen molar-refractivity contribution in [3.05, 3.63) is 71.3 Å². The third kappa shape index (κ3) is 5.64. The number of alkyl carbamates (subject to hydrolysis) is 1. The van der Waals surface area contributed by atoms with Crippen LogP contribution in [0, 0.1) is 0 Å². The molecule has 2 N–H and O–H groups in total. The van der Waals surface area contributed by atoms with Gasteiger partial charge in [-0.1, -0.05) is 68.4 Å². The highest BCUT2D eigenvalue weighted by molar-refractivity contribution is 5.80. The second-order valence-electron chi connectivity index (χ2n) is 6.15. The lowest BCUT2D eigenvalue weighted by molar-refractivity contribution is -0.139. The molecule has 0 aliphatic rings. The molecule has 1 atom stereocenters. The number of carboxylic acids is 1. The molecule has 0 saturated carbocycles. The molecule has 0 spiro atoms. The van der Waals surface area contributed by atoms with Crippen LogP contribution in [0.2, 0.25) is 0 Å². The zero-order valence-electron chi connectivity index (χ0n) is 14.4. The summed E-state index contributed by atoms with van der Waals surface area (Å²) in [5.41, 5.74) is 2.83. The topological polar surface area (TPSA) is 75.6 Å². The van der Waals surface area contributed by atoms with Gasteiger partial charge >= 0.3 is 12.1 Å². The number of rotatable bonds is 7. The average molecular weight is 341 g/mol. The van der Waals surface area contributed by atoms with Crippen LogP contribution in [0.4, 0.5) is 4.79 Å². The van der Waals surface area contributed by atoms with Crippen molar-refractivity contribution in [1.82, 2.24) is 5.32 Å². The summed E-state index contributed by atoms with van der Waals surface area (Å²) in [6.07, 6.45) is -0.525. The first kappa shape index (κ1) is 18.5. The number of hydrogen-bond donors (Lipinski definition) is 2. The zero-order chi connectivity index (χ0) is 18.2. The lowest BCUT2D eigenvalue weighted by atomic mass is 9.93. The standard InChI is InChI=1S/C20H23NO4/c1-14(2)17-11-7-6-10-16(17)12-18(19(22)23)21-20(24)25-13-15-8-4-3-5-9-15/h3-11,14,18H,12-13H2,1-2H3,(H,21,24)(H,22,23)/t18-/m1/s1. The van der Waals surface area contributed by atoms with E-state index in [-0.39, 0.29) is 18.9 Å². The predicted octanol–water partition coefficient (Wildman–Crippen LogP) is 3.73. The van der Waals surface area contributed by atoms with Gasteiger partial charge in [0.2, 0.25) is 0 Å². The normalized spacial score (nSPS) is 11.8. The minimum absolute atomic E-state index is 0.0988. The number of hydrogen-bond acceptors (Lipinski definition) is 3. The fourth-order valence-electron chi connectivity index (χ4n) is 2.61. The van der Waals surface area contributed by atoms with Crippen LogP contribution in [0.5, 0.6) is 0 Å². The lowest BCUT2D eigenvalue weighted by Crippen LogP contribution is -2.42. The van der Waals surface area contributed by atoms with Crippen LogP contribution in [-0.2, 0) is 22.6 Å². The number of carbonyl (C=O) groups is 2. The molecule has 0 unspecified atom stereocenters. The monoisotopic (exact) mass is 341 g/mol. The summed E-state index contributed by atoms with van der Waals surface area (Å²) in [7, 11) is 0. The SMILES string of the molecule is CC(C)c1ccccc1C[C@@H](NC(=O)OCc1ccccc1)C(=O)O. The maximum atomic E-state index is 11.9. The molecule has 0 aliphatic heterocycles. The molecule has 0 saturated heterocycles. The van der Waals surface area contributed by atoms with Crippen LogP contribution < -0.4 is 5.32 Å². The van der Waals surface area contributed by atoms with Crippen molar-refractivity contribution in [1.29, 1.82) is 0 Å². The summed E-state index contributed by atoms with van der Waals surface area (Å²) in [6.45, 7) is 4.20. The smallest absolute Gasteiger partial charge is 0.408 e. The van der Waals surface area contributed by atoms with Gasteiger partial charge in [-0.25, -0.2) is 9.59 Å². The highest BCUT2D eigenvalue weighted by Crippen LogP contribution is 2.20. The van der Waals surface area contributed by atoms with E-state index in [2.05, 4.69) is 19.2 Å². The Labute approximate surface area is 147 Å². The van der Waals surface area contributed by atoms with Gasteiger partial charge in [-0.3, -0.25) is 0 Å². The number of carbonyl (C=O) groups excluding carboxylic acids is 1. The molecule has 132 valence electrons. The average Bonchev–Trinajstić information content (AvgIpc) is 2.60. The molecular formula is C20H23NO4. The van der Waals surface area contributed by atoms with E-state index in [1.54, 1.807) is 0 Å². The molecule has 25 heavy (non-hydrogen) atoms. The van der Waals surface area contributed by atoms with Crippen LogP contribution in [-0.4, -0.2) is 23.2 Å². The predicted molar refractivity (Wildman–Crippen MR) is 95.4 cm³/mol. The molecule has 5 heteroatoms. The first-order valence-corrected chi connectivity index (χ1v) is 8.25. The van der Waals surface area contributed by atoms with E-state index < -0.39 is 18.1 Å². The molecule has 1 amide bonds. The molecule has 0 fully saturated rings. The number of nitrogens with one attached hydrogen (secondary N) is 1. The van der Waals surface area contributed by atoms with E-state index in [4.69, 9.17) is 4.74 Å². The van der Waals surface area contributed by atoms with Gasteiger partial charge in [0.05, 0.1) is 0 Å². The Hall–Kier alpha value is -2.82. The first-order valence-electron chi connectivity index (χ1n) is 8.25. The molecule has 0 radical (unpaired) electrons. The summed E-state index contributed by atoms with van der Waals surface area (Å²) in [5, 5.41) is 11.9. The van der Waals surface area contributed by atoms with E-state index >= 15 is 0 Å². The fraction of sp³-hybridized carbons (Fsp3) is 0.300. The van der Waals surface area contributed by atoms with E-state index in [1.807, 2.05) is 54.6 Å². The van der Waals surface area contributed by atoms with Gasteiger partial charge in [-0.05, 0) is 22.6 Å². The van der Waals surface area contributed by atoms with Gasteiger partial charge in [-0.2, -0.15) is 0 Å². The van der Waals surface area contributed by atoms with Crippen LogP contribution >= 0.6 is 0 Å². The summed E-state index contributed by atoms with van der Waals surface area (Å²) < 4.78 is 5.11. The number of benzene rings is 2. The van der Waals surface area contributed by atoms with Crippen LogP contribution in [0.3, 0.4) is 0 Å². The van der Waals surface area contributed by atoms with E-state index in [1.165, 1.54) is 0 Å². The van der Waals surface area contributed by atoms with Gasteiger partial charge in [-0.15, -0.1) is 0 Å². The minimum atomic E-state index is -1.09.